The van der Waals surface area contributed by atoms with Crippen molar-refractivity contribution in [3.8, 4) is 0 Å². The third-order valence-corrected chi connectivity index (χ3v) is 2.74. The van der Waals surface area contributed by atoms with E-state index in [4.69, 9.17) is 4.74 Å². The van der Waals surface area contributed by atoms with Crippen molar-refractivity contribution in [2.75, 3.05) is 6.61 Å². The first-order valence-electron chi connectivity index (χ1n) is 6.52. The summed E-state index contributed by atoms with van der Waals surface area (Å²) in [6.45, 7) is 2.34. The van der Waals surface area contributed by atoms with Gasteiger partial charge in [-0.1, -0.05) is 43.2 Å². The Labute approximate surface area is 104 Å². The lowest BCUT2D eigenvalue weighted by Crippen LogP contribution is -2.03. The molecule has 0 fully saturated rings. The van der Waals surface area contributed by atoms with Crippen LogP contribution in [-0.2, 0) is 16.0 Å². The smallest absolute Gasteiger partial charge is 0.305 e. The molecular weight excluding hydrogens is 212 g/mol. The van der Waals surface area contributed by atoms with Crippen LogP contribution in [0.3, 0.4) is 0 Å². The van der Waals surface area contributed by atoms with Crippen molar-refractivity contribution in [1.82, 2.24) is 0 Å². The van der Waals surface area contributed by atoms with Crippen molar-refractivity contribution < 1.29 is 9.53 Å². The van der Waals surface area contributed by atoms with Gasteiger partial charge in [-0.05, 0) is 31.7 Å². The number of carbonyl (C=O) groups excluding carboxylic acids is 1. The van der Waals surface area contributed by atoms with E-state index in [9.17, 15) is 4.79 Å². The summed E-state index contributed by atoms with van der Waals surface area (Å²) in [6.07, 6.45) is 6.17. The number of rotatable bonds is 8. The average Bonchev–Trinajstić information content (AvgIpc) is 2.35. The summed E-state index contributed by atoms with van der Waals surface area (Å²) >= 11 is 0. The zero-order chi connectivity index (χ0) is 12.3. The van der Waals surface area contributed by atoms with Crippen LogP contribution in [0.1, 0.15) is 44.6 Å². The molecule has 1 aromatic rings. The predicted molar refractivity (Wildman–Crippen MR) is 69.9 cm³/mol. The molecule has 1 rings (SSSR count). The van der Waals surface area contributed by atoms with Crippen molar-refractivity contribution in [3.05, 3.63) is 35.9 Å². The highest BCUT2D eigenvalue weighted by atomic mass is 16.5. The molecule has 94 valence electrons. The summed E-state index contributed by atoms with van der Waals surface area (Å²) in [7, 11) is 0. The van der Waals surface area contributed by atoms with Crippen molar-refractivity contribution in [3.63, 3.8) is 0 Å². The van der Waals surface area contributed by atoms with Crippen molar-refractivity contribution in [2.24, 2.45) is 0 Å². The fraction of sp³-hybridized carbons (Fsp3) is 0.533. The van der Waals surface area contributed by atoms with Gasteiger partial charge in [0.05, 0.1) is 6.61 Å². The van der Waals surface area contributed by atoms with Crippen LogP contribution < -0.4 is 0 Å². The van der Waals surface area contributed by atoms with E-state index < -0.39 is 0 Å². The first-order valence-corrected chi connectivity index (χ1v) is 6.52. The van der Waals surface area contributed by atoms with E-state index in [-0.39, 0.29) is 5.97 Å². The molecule has 0 spiro atoms. The van der Waals surface area contributed by atoms with Gasteiger partial charge >= 0.3 is 5.97 Å². The van der Waals surface area contributed by atoms with Crippen molar-refractivity contribution in [1.29, 1.82) is 0 Å². The SMILES string of the molecule is CCOC(=O)CCCCCCc1ccccc1. The lowest BCUT2D eigenvalue weighted by molar-refractivity contribution is -0.143. The van der Waals surface area contributed by atoms with E-state index in [0.717, 1.165) is 19.3 Å². The van der Waals surface area contributed by atoms with Gasteiger partial charge in [0.15, 0.2) is 0 Å². The Hall–Kier alpha value is -1.31. The molecule has 2 heteroatoms. The number of esters is 1. The van der Waals surface area contributed by atoms with Gasteiger partial charge in [-0.15, -0.1) is 0 Å². The minimum Gasteiger partial charge on any atom is -0.466 e. The normalized spacial score (nSPS) is 10.2. The molecule has 1 aromatic carbocycles. The van der Waals surface area contributed by atoms with E-state index in [2.05, 4.69) is 24.3 Å². The molecule has 2 nitrogen and oxygen atoms in total. The van der Waals surface area contributed by atoms with Gasteiger partial charge in [0.2, 0.25) is 0 Å². The summed E-state index contributed by atoms with van der Waals surface area (Å²) in [5.74, 6) is -0.0597. The third kappa shape index (κ3) is 6.77. The maximum atomic E-state index is 11.1. The zero-order valence-electron chi connectivity index (χ0n) is 10.7. The molecule has 0 atom stereocenters. The standard InChI is InChI=1S/C15H22O2/c1-2-17-15(16)13-9-4-3-6-10-14-11-7-5-8-12-14/h5,7-8,11-12H,2-4,6,9-10,13H2,1H3. The number of ether oxygens (including phenoxy) is 1. The number of benzene rings is 1. The van der Waals surface area contributed by atoms with E-state index >= 15 is 0 Å². The van der Waals surface area contributed by atoms with E-state index in [1.807, 2.05) is 13.0 Å². The van der Waals surface area contributed by atoms with Gasteiger partial charge in [-0.2, -0.15) is 0 Å². The average molecular weight is 234 g/mol. The summed E-state index contributed by atoms with van der Waals surface area (Å²) in [5.41, 5.74) is 1.40. The molecular formula is C15H22O2. The molecule has 0 aliphatic rings. The Morgan fingerprint density at radius 2 is 1.76 bits per heavy atom. The summed E-state index contributed by atoms with van der Waals surface area (Å²) in [6, 6.07) is 10.5. The Balaban J connectivity index is 1.96. The molecule has 17 heavy (non-hydrogen) atoms. The quantitative estimate of drug-likeness (QED) is 0.506. The first-order chi connectivity index (χ1) is 8.33. The minimum absolute atomic E-state index is 0.0597. The van der Waals surface area contributed by atoms with Gasteiger partial charge in [-0.25, -0.2) is 0 Å². The van der Waals surface area contributed by atoms with Crippen LogP contribution in [-0.4, -0.2) is 12.6 Å². The molecule has 0 aliphatic heterocycles. The highest BCUT2D eigenvalue weighted by Crippen LogP contribution is 2.09. The Morgan fingerprint density at radius 3 is 2.47 bits per heavy atom. The lowest BCUT2D eigenvalue weighted by Gasteiger charge is -2.02. The number of unbranched alkanes of at least 4 members (excludes halogenated alkanes) is 3. The Bertz CT molecular complexity index is 306. The first kappa shape index (κ1) is 13.8. The van der Waals surface area contributed by atoms with Crippen LogP contribution in [0.15, 0.2) is 30.3 Å². The van der Waals surface area contributed by atoms with Gasteiger partial charge in [-0.3, -0.25) is 4.79 Å². The van der Waals surface area contributed by atoms with Gasteiger partial charge < -0.3 is 4.74 Å². The van der Waals surface area contributed by atoms with Gasteiger partial charge in [0.25, 0.3) is 0 Å². The maximum absolute atomic E-state index is 11.1. The molecule has 0 aliphatic carbocycles. The summed E-state index contributed by atoms with van der Waals surface area (Å²) < 4.78 is 4.88. The number of hydrogen-bond acceptors (Lipinski definition) is 2. The van der Waals surface area contributed by atoms with Crippen molar-refractivity contribution >= 4 is 5.97 Å². The fourth-order valence-electron chi connectivity index (χ4n) is 1.83. The van der Waals surface area contributed by atoms with Crippen molar-refractivity contribution in [2.45, 2.75) is 45.4 Å². The second-order valence-electron chi connectivity index (χ2n) is 4.20. The highest BCUT2D eigenvalue weighted by molar-refractivity contribution is 5.69. The van der Waals surface area contributed by atoms with Crippen LogP contribution in [0.4, 0.5) is 0 Å². The fourth-order valence-corrected chi connectivity index (χ4v) is 1.83. The predicted octanol–water partition coefficient (Wildman–Crippen LogP) is 3.74. The van der Waals surface area contributed by atoms with Gasteiger partial charge in [0, 0.05) is 6.42 Å². The van der Waals surface area contributed by atoms with Crippen LogP contribution in [0.2, 0.25) is 0 Å². The molecule has 0 aromatic heterocycles. The van der Waals surface area contributed by atoms with Crippen LogP contribution >= 0.6 is 0 Å². The second-order valence-corrected chi connectivity index (χ2v) is 4.20. The number of hydrogen-bond donors (Lipinski definition) is 0. The molecule has 0 saturated heterocycles. The largest absolute Gasteiger partial charge is 0.466 e. The minimum atomic E-state index is -0.0597. The highest BCUT2D eigenvalue weighted by Gasteiger charge is 2.00. The maximum Gasteiger partial charge on any atom is 0.305 e. The summed E-state index contributed by atoms with van der Waals surface area (Å²) in [5, 5.41) is 0. The molecule has 0 radical (unpaired) electrons. The molecule has 0 N–H and O–H groups in total. The molecule has 0 unspecified atom stereocenters. The van der Waals surface area contributed by atoms with Crippen LogP contribution in [0.5, 0.6) is 0 Å². The van der Waals surface area contributed by atoms with E-state index in [1.54, 1.807) is 0 Å². The molecule has 0 bridgehead atoms. The number of aryl methyl sites for hydroxylation is 1. The Kier molecular flexibility index (Phi) is 7.12. The van der Waals surface area contributed by atoms with E-state index in [1.165, 1.54) is 18.4 Å². The summed E-state index contributed by atoms with van der Waals surface area (Å²) in [4.78, 5) is 11.1. The van der Waals surface area contributed by atoms with Gasteiger partial charge in [0.1, 0.15) is 0 Å². The van der Waals surface area contributed by atoms with E-state index in [0.29, 0.717) is 13.0 Å². The lowest BCUT2D eigenvalue weighted by atomic mass is 10.1. The van der Waals surface area contributed by atoms with Crippen LogP contribution in [0.25, 0.3) is 0 Å². The molecule has 0 saturated carbocycles. The molecule has 0 heterocycles. The third-order valence-electron chi connectivity index (χ3n) is 2.74. The monoisotopic (exact) mass is 234 g/mol. The Morgan fingerprint density at radius 1 is 1.06 bits per heavy atom. The van der Waals surface area contributed by atoms with Crippen LogP contribution in [0, 0.1) is 0 Å². The topological polar surface area (TPSA) is 26.3 Å². The number of carbonyl (C=O) groups is 1. The zero-order valence-corrected chi connectivity index (χ0v) is 10.7. The molecule has 0 amide bonds. The second kappa shape index (κ2) is 8.80.